The van der Waals surface area contributed by atoms with Gasteiger partial charge in [0.2, 0.25) is 5.91 Å². The number of benzene rings is 2. The molecule has 1 aliphatic rings. The summed E-state index contributed by atoms with van der Waals surface area (Å²) in [6, 6.07) is 18.6. The maximum atomic E-state index is 14.6. The van der Waals surface area contributed by atoms with Gasteiger partial charge in [0.1, 0.15) is 5.82 Å². The van der Waals surface area contributed by atoms with E-state index in [4.69, 9.17) is 4.74 Å². The van der Waals surface area contributed by atoms with E-state index < -0.39 is 0 Å². The summed E-state index contributed by atoms with van der Waals surface area (Å²) in [5.74, 6) is -0.589. The Morgan fingerprint density at radius 1 is 1.09 bits per heavy atom. The van der Waals surface area contributed by atoms with E-state index in [1.54, 1.807) is 24.5 Å². The van der Waals surface area contributed by atoms with Gasteiger partial charge in [-0.05, 0) is 48.2 Å². The van der Waals surface area contributed by atoms with Gasteiger partial charge < -0.3 is 15.4 Å². The number of hydrogen-bond acceptors (Lipinski definition) is 4. The average molecular weight is 433 g/mol. The number of pyridine rings is 1. The van der Waals surface area contributed by atoms with Gasteiger partial charge in [0.25, 0.3) is 0 Å². The lowest BCUT2D eigenvalue weighted by molar-refractivity contribution is -0.116. The maximum Gasteiger partial charge on any atom is 0.225 e. The van der Waals surface area contributed by atoms with Crippen LogP contribution in [0.5, 0.6) is 0 Å². The molecule has 4 rings (SSSR count). The van der Waals surface area contributed by atoms with Crippen molar-refractivity contribution >= 4 is 11.6 Å². The summed E-state index contributed by atoms with van der Waals surface area (Å²) >= 11 is 0. The fourth-order valence-corrected chi connectivity index (χ4v) is 4.03. The molecule has 6 heteroatoms. The van der Waals surface area contributed by atoms with E-state index in [1.165, 1.54) is 6.07 Å². The van der Waals surface area contributed by atoms with Crippen LogP contribution in [0.25, 0.3) is 0 Å². The monoisotopic (exact) mass is 432 g/mol. The van der Waals surface area contributed by atoms with Crippen LogP contribution in [0.15, 0.2) is 73.1 Å². The number of hydrogen-bond donors (Lipinski definition) is 2. The second kappa shape index (κ2) is 11.0. The first kappa shape index (κ1) is 22.1. The Balaban J connectivity index is 1.48. The molecule has 0 unspecified atom stereocenters. The fraction of sp³-hybridized carbons (Fsp3) is 0.269. The average Bonchev–Trinajstić information content (AvgIpc) is 2.84. The van der Waals surface area contributed by atoms with Crippen LogP contribution in [-0.2, 0) is 16.0 Å². The SMILES string of the molecule is O=C(C[C@H](c1ccccc1)c1ccncc1)Nc1cccc(F)c1CC[C@@H]1CN[CH]CO1. The third kappa shape index (κ3) is 5.78. The highest BCUT2D eigenvalue weighted by atomic mass is 19.1. The molecule has 1 aliphatic heterocycles. The molecule has 5 nitrogen and oxygen atoms in total. The number of rotatable bonds is 8. The number of aromatic nitrogens is 1. The number of nitrogens with zero attached hydrogens (tertiary/aromatic N) is 1. The molecule has 0 aliphatic carbocycles. The van der Waals surface area contributed by atoms with Crippen LogP contribution in [0.3, 0.4) is 0 Å². The van der Waals surface area contributed by atoms with Crippen molar-refractivity contribution in [2.24, 2.45) is 0 Å². The fourth-order valence-electron chi connectivity index (χ4n) is 4.03. The molecule has 1 amide bonds. The van der Waals surface area contributed by atoms with E-state index in [9.17, 15) is 9.18 Å². The van der Waals surface area contributed by atoms with Crippen LogP contribution in [0.1, 0.15) is 35.4 Å². The number of morpholine rings is 1. The van der Waals surface area contributed by atoms with Crippen LogP contribution in [-0.4, -0.2) is 30.1 Å². The van der Waals surface area contributed by atoms with Gasteiger partial charge in [0.15, 0.2) is 0 Å². The lowest BCUT2D eigenvalue weighted by Crippen LogP contribution is -2.35. The predicted octanol–water partition coefficient (Wildman–Crippen LogP) is 4.46. The molecule has 32 heavy (non-hydrogen) atoms. The molecule has 3 aromatic rings. The molecule has 0 bridgehead atoms. The number of anilines is 1. The van der Waals surface area contributed by atoms with Crippen molar-refractivity contribution in [3.8, 4) is 0 Å². The summed E-state index contributed by atoms with van der Waals surface area (Å²) in [6.45, 7) is 3.12. The molecular formula is C26H27FN3O2. The number of ether oxygens (including phenoxy) is 1. The smallest absolute Gasteiger partial charge is 0.225 e. The Labute approximate surface area is 188 Å². The van der Waals surface area contributed by atoms with Gasteiger partial charge in [-0.2, -0.15) is 0 Å². The lowest BCUT2D eigenvalue weighted by atomic mass is 9.89. The molecule has 2 atom stereocenters. The summed E-state index contributed by atoms with van der Waals surface area (Å²) in [7, 11) is 0. The Kier molecular flexibility index (Phi) is 7.59. The maximum absolute atomic E-state index is 14.6. The summed E-state index contributed by atoms with van der Waals surface area (Å²) in [5, 5.41) is 6.12. The van der Waals surface area contributed by atoms with Crippen LogP contribution in [0.4, 0.5) is 10.1 Å². The summed E-state index contributed by atoms with van der Waals surface area (Å²) < 4.78 is 20.3. The molecule has 2 N–H and O–H groups in total. The van der Waals surface area contributed by atoms with Crippen molar-refractivity contribution in [3.05, 3.63) is 102 Å². The molecule has 2 heterocycles. The lowest BCUT2D eigenvalue weighted by Gasteiger charge is -2.24. The zero-order valence-electron chi connectivity index (χ0n) is 17.8. The Morgan fingerprint density at radius 2 is 1.88 bits per heavy atom. The Hall–Kier alpha value is -3.09. The van der Waals surface area contributed by atoms with Crippen LogP contribution < -0.4 is 10.6 Å². The third-order valence-electron chi connectivity index (χ3n) is 5.71. The van der Waals surface area contributed by atoms with Gasteiger partial charge in [-0.25, -0.2) is 4.39 Å². The summed E-state index contributed by atoms with van der Waals surface area (Å²) in [4.78, 5) is 17.1. The second-order valence-electron chi connectivity index (χ2n) is 7.87. The van der Waals surface area contributed by atoms with Crippen molar-refractivity contribution in [1.82, 2.24) is 10.3 Å². The summed E-state index contributed by atoms with van der Waals surface area (Å²) in [5.41, 5.74) is 3.10. The minimum Gasteiger partial charge on any atom is -0.375 e. The molecule has 1 saturated heterocycles. The van der Waals surface area contributed by atoms with E-state index in [2.05, 4.69) is 15.6 Å². The number of carbonyl (C=O) groups is 1. The quantitative estimate of drug-likeness (QED) is 0.552. The number of halogens is 1. The van der Waals surface area contributed by atoms with Gasteiger partial charge in [-0.3, -0.25) is 9.78 Å². The van der Waals surface area contributed by atoms with Crippen molar-refractivity contribution in [3.63, 3.8) is 0 Å². The zero-order chi connectivity index (χ0) is 22.2. The molecule has 0 spiro atoms. The highest BCUT2D eigenvalue weighted by Gasteiger charge is 2.21. The molecule has 0 saturated carbocycles. The molecule has 1 fully saturated rings. The number of amides is 1. The van der Waals surface area contributed by atoms with Crippen LogP contribution in [0, 0.1) is 12.4 Å². The standard InChI is InChI=1S/C26H27FN3O2/c27-24-7-4-8-25(22(24)10-9-21-18-29-15-16-32-21)30-26(31)17-23(19-5-2-1-3-6-19)20-11-13-28-14-12-20/h1-8,11-15,21,23,29H,9-10,16-18H2,(H,30,31)/t21-,23-/m1/s1. The Bertz CT molecular complexity index is 969. The van der Waals surface area contributed by atoms with E-state index in [0.29, 0.717) is 37.2 Å². The molecule has 165 valence electrons. The first-order valence-electron chi connectivity index (χ1n) is 10.9. The van der Waals surface area contributed by atoms with Crippen molar-refractivity contribution < 1.29 is 13.9 Å². The first-order chi connectivity index (χ1) is 15.7. The number of carbonyl (C=O) groups excluding carboxylic acids is 1. The molecular weight excluding hydrogens is 405 g/mol. The van der Waals surface area contributed by atoms with Crippen molar-refractivity contribution in [2.45, 2.75) is 31.3 Å². The van der Waals surface area contributed by atoms with Gasteiger partial charge in [-0.1, -0.05) is 36.4 Å². The third-order valence-corrected chi connectivity index (χ3v) is 5.71. The highest BCUT2D eigenvalue weighted by Crippen LogP contribution is 2.29. The van der Waals surface area contributed by atoms with Gasteiger partial charge >= 0.3 is 0 Å². The van der Waals surface area contributed by atoms with E-state index in [-0.39, 0.29) is 30.2 Å². The number of nitrogens with one attached hydrogen (secondary N) is 2. The van der Waals surface area contributed by atoms with Gasteiger partial charge in [0, 0.05) is 49.1 Å². The highest BCUT2D eigenvalue weighted by molar-refractivity contribution is 5.92. The normalized spacial score (nSPS) is 17.0. The zero-order valence-corrected chi connectivity index (χ0v) is 17.8. The van der Waals surface area contributed by atoms with Gasteiger partial charge in [0.05, 0.1) is 12.7 Å². The van der Waals surface area contributed by atoms with E-state index in [1.807, 2.05) is 49.0 Å². The Morgan fingerprint density at radius 3 is 2.62 bits per heavy atom. The molecule has 1 radical (unpaired) electrons. The van der Waals surface area contributed by atoms with Crippen molar-refractivity contribution in [1.29, 1.82) is 0 Å². The largest absolute Gasteiger partial charge is 0.375 e. The van der Waals surface area contributed by atoms with Gasteiger partial charge in [-0.15, -0.1) is 0 Å². The van der Waals surface area contributed by atoms with E-state index >= 15 is 0 Å². The minimum atomic E-state index is -0.313. The van der Waals surface area contributed by atoms with Crippen LogP contribution in [0.2, 0.25) is 0 Å². The first-order valence-corrected chi connectivity index (χ1v) is 10.9. The second-order valence-corrected chi connectivity index (χ2v) is 7.87. The summed E-state index contributed by atoms with van der Waals surface area (Å²) in [6.07, 6.45) is 4.89. The van der Waals surface area contributed by atoms with Crippen LogP contribution >= 0.6 is 0 Å². The minimum absolute atomic E-state index is 0.0253. The molecule has 1 aromatic heterocycles. The topological polar surface area (TPSA) is 63.2 Å². The predicted molar refractivity (Wildman–Crippen MR) is 123 cm³/mol. The molecule has 2 aromatic carbocycles. The van der Waals surface area contributed by atoms with E-state index in [0.717, 1.165) is 11.1 Å². The van der Waals surface area contributed by atoms with Crippen molar-refractivity contribution in [2.75, 3.05) is 18.5 Å².